The first kappa shape index (κ1) is 18.0. The normalized spacial score (nSPS) is 13.0. The number of benzene rings is 3. The summed E-state index contributed by atoms with van der Waals surface area (Å²) >= 11 is 0. The Bertz CT molecular complexity index is 1030. The van der Waals surface area contributed by atoms with E-state index in [1.165, 1.54) is 0 Å². The number of para-hydroxylation sites is 1. The van der Waals surface area contributed by atoms with Crippen LogP contribution in [0.5, 0.6) is 0 Å². The van der Waals surface area contributed by atoms with E-state index in [2.05, 4.69) is 5.32 Å². The van der Waals surface area contributed by atoms with Gasteiger partial charge in [0.1, 0.15) is 0 Å². The van der Waals surface area contributed by atoms with E-state index in [0.29, 0.717) is 17.7 Å². The molecule has 0 bridgehead atoms. The van der Waals surface area contributed by atoms with Crippen LogP contribution in [-0.2, 0) is 6.42 Å². The van der Waals surface area contributed by atoms with E-state index < -0.39 is 0 Å². The molecule has 0 aromatic heterocycles. The molecule has 1 heterocycles. The molecule has 0 aliphatic carbocycles. The summed E-state index contributed by atoms with van der Waals surface area (Å²) in [6.45, 7) is 2.67. The number of carbonyl (C=O) groups excluding carboxylic acids is 2. The lowest BCUT2D eigenvalue weighted by Crippen LogP contribution is -2.35. The third kappa shape index (κ3) is 3.67. The largest absolute Gasteiger partial charge is 0.322 e. The van der Waals surface area contributed by atoms with Crippen LogP contribution in [0.25, 0.3) is 0 Å². The van der Waals surface area contributed by atoms with E-state index in [4.69, 9.17) is 0 Å². The maximum Gasteiger partial charge on any atom is 0.258 e. The van der Waals surface area contributed by atoms with Gasteiger partial charge in [-0.15, -0.1) is 0 Å². The van der Waals surface area contributed by atoms with Gasteiger partial charge in [0, 0.05) is 29.0 Å². The average Bonchev–Trinajstić information content (AvgIpc) is 2.73. The summed E-state index contributed by atoms with van der Waals surface area (Å²) < 4.78 is 0. The van der Waals surface area contributed by atoms with Gasteiger partial charge < -0.3 is 10.2 Å². The number of anilines is 2. The molecular weight excluding hydrogens is 348 g/mol. The summed E-state index contributed by atoms with van der Waals surface area (Å²) in [5.41, 5.74) is 5.06. The molecule has 0 atom stereocenters. The predicted molar refractivity (Wildman–Crippen MR) is 112 cm³/mol. The number of nitrogens with zero attached hydrogens (tertiary/aromatic N) is 1. The zero-order valence-electron chi connectivity index (χ0n) is 15.8. The molecule has 0 spiro atoms. The van der Waals surface area contributed by atoms with Crippen molar-refractivity contribution in [1.29, 1.82) is 0 Å². The van der Waals surface area contributed by atoms with E-state index in [1.807, 2.05) is 78.6 Å². The van der Waals surface area contributed by atoms with Gasteiger partial charge in [-0.05, 0) is 67.8 Å². The number of rotatable bonds is 3. The average molecular weight is 370 g/mol. The Balaban J connectivity index is 1.59. The molecule has 3 aromatic rings. The fraction of sp³-hybridized carbons (Fsp3) is 0.167. The number of carbonyl (C=O) groups is 2. The van der Waals surface area contributed by atoms with Crippen LogP contribution >= 0.6 is 0 Å². The maximum absolute atomic E-state index is 13.0. The van der Waals surface area contributed by atoms with Crippen molar-refractivity contribution in [2.24, 2.45) is 0 Å². The predicted octanol–water partition coefficient (Wildman–Crippen LogP) is 4.84. The smallest absolute Gasteiger partial charge is 0.258 e. The number of amides is 2. The number of fused-ring (bicyclic) bond motifs is 1. The van der Waals surface area contributed by atoms with Crippen LogP contribution in [0, 0.1) is 6.92 Å². The van der Waals surface area contributed by atoms with Crippen LogP contribution in [0.4, 0.5) is 11.4 Å². The second-order valence-corrected chi connectivity index (χ2v) is 7.09. The van der Waals surface area contributed by atoms with Crippen LogP contribution < -0.4 is 10.2 Å². The van der Waals surface area contributed by atoms with Crippen molar-refractivity contribution in [1.82, 2.24) is 0 Å². The number of hydrogen-bond acceptors (Lipinski definition) is 2. The van der Waals surface area contributed by atoms with Gasteiger partial charge in [-0.1, -0.05) is 35.9 Å². The molecule has 1 N–H and O–H groups in total. The molecule has 4 rings (SSSR count). The first-order valence-corrected chi connectivity index (χ1v) is 9.50. The second kappa shape index (κ2) is 7.69. The molecule has 0 radical (unpaired) electrons. The summed E-state index contributed by atoms with van der Waals surface area (Å²) in [6.07, 6.45) is 1.74. The van der Waals surface area contributed by atoms with E-state index in [0.717, 1.165) is 35.3 Å². The standard InChI is InChI=1S/C24H22N2O2/c1-17-7-5-8-20(15-17)24(28)26-14-6-9-18-16-19(12-13-22(18)26)23(27)25-21-10-3-2-4-11-21/h2-5,7-8,10-13,15-16H,6,9,14H2,1H3,(H,25,27). The van der Waals surface area contributed by atoms with E-state index >= 15 is 0 Å². The number of aryl methyl sites for hydroxylation is 2. The third-order valence-electron chi connectivity index (χ3n) is 5.00. The topological polar surface area (TPSA) is 49.4 Å². The van der Waals surface area contributed by atoms with Gasteiger partial charge in [0.2, 0.25) is 0 Å². The Morgan fingerprint density at radius 3 is 2.50 bits per heavy atom. The quantitative estimate of drug-likeness (QED) is 0.717. The van der Waals surface area contributed by atoms with Crippen molar-refractivity contribution in [3.8, 4) is 0 Å². The zero-order valence-corrected chi connectivity index (χ0v) is 15.8. The Morgan fingerprint density at radius 2 is 1.71 bits per heavy atom. The molecule has 28 heavy (non-hydrogen) atoms. The highest BCUT2D eigenvalue weighted by Gasteiger charge is 2.24. The highest BCUT2D eigenvalue weighted by Crippen LogP contribution is 2.30. The first-order chi connectivity index (χ1) is 13.6. The molecule has 2 amide bonds. The summed E-state index contributed by atoms with van der Waals surface area (Å²) in [4.78, 5) is 27.4. The first-order valence-electron chi connectivity index (χ1n) is 9.50. The highest BCUT2D eigenvalue weighted by molar-refractivity contribution is 6.08. The second-order valence-electron chi connectivity index (χ2n) is 7.09. The van der Waals surface area contributed by atoms with E-state index in [-0.39, 0.29) is 11.8 Å². The monoisotopic (exact) mass is 370 g/mol. The molecule has 0 saturated heterocycles. The van der Waals surface area contributed by atoms with Crippen molar-refractivity contribution >= 4 is 23.2 Å². The van der Waals surface area contributed by atoms with E-state index in [9.17, 15) is 9.59 Å². The summed E-state index contributed by atoms with van der Waals surface area (Å²) in [6, 6.07) is 22.6. The van der Waals surface area contributed by atoms with Crippen molar-refractivity contribution in [3.05, 3.63) is 95.1 Å². The molecule has 4 nitrogen and oxygen atoms in total. The fourth-order valence-corrected chi connectivity index (χ4v) is 3.61. The minimum atomic E-state index is -0.142. The van der Waals surface area contributed by atoms with Gasteiger partial charge in [-0.25, -0.2) is 0 Å². The van der Waals surface area contributed by atoms with Gasteiger partial charge in [-0.3, -0.25) is 9.59 Å². The summed E-state index contributed by atoms with van der Waals surface area (Å²) in [5.74, 6) is -0.137. The molecule has 0 fully saturated rings. The molecule has 140 valence electrons. The molecule has 4 heteroatoms. The Labute approximate surface area is 164 Å². The molecule has 1 aliphatic heterocycles. The van der Waals surface area contributed by atoms with Gasteiger partial charge >= 0.3 is 0 Å². The van der Waals surface area contributed by atoms with Crippen LogP contribution in [0.15, 0.2) is 72.8 Å². The van der Waals surface area contributed by atoms with Gasteiger partial charge in [0.05, 0.1) is 0 Å². The Morgan fingerprint density at radius 1 is 0.893 bits per heavy atom. The molecule has 0 unspecified atom stereocenters. The minimum Gasteiger partial charge on any atom is -0.322 e. The molecular formula is C24H22N2O2. The lowest BCUT2D eigenvalue weighted by atomic mass is 9.98. The lowest BCUT2D eigenvalue weighted by Gasteiger charge is -2.30. The van der Waals surface area contributed by atoms with Crippen LogP contribution in [0.2, 0.25) is 0 Å². The van der Waals surface area contributed by atoms with E-state index in [1.54, 1.807) is 6.07 Å². The zero-order chi connectivity index (χ0) is 19.5. The summed E-state index contributed by atoms with van der Waals surface area (Å²) in [5, 5.41) is 2.91. The van der Waals surface area contributed by atoms with Gasteiger partial charge in [-0.2, -0.15) is 0 Å². The van der Waals surface area contributed by atoms with Crippen molar-refractivity contribution < 1.29 is 9.59 Å². The third-order valence-corrected chi connectivity index (χ3v) is 5.00. The fourth-order valence-electron chi connectivity index (χ4n) is 3.61. The molecule has 1 aliphatic rings. The van der Waals surface area contributed by atoms with Gasteiger partial charge in [0.15, 0.2) is 0 Å². The molecule has 0 saturated carbocycles. The minimum absolute atomic E-state index is 0.00568. The van der Waals surface area contributed by atoms with Gasteiger partial charge in [0.25, 0.3) is 11.8 Å². The van der Waals surface area contributed by atoms with Crippen molar-refractivity contribution in [2.75, 3.05) is 16.8 Å². The lowest BCUT2D eigenvalue weighted by molar-refractivity contribution is 0.0984. The summed E-state index contributed by atoms with van der Waals surface area (Å²) in [7, 11) is 0. The van der Waals surface area contributed by atoms with Crippen LogP contribution in [-0.4, -0.2) is 18.4 Å². The Hall–Kier alpha value is -3.40. The number of hydrogen-bond donors (Lipinski definition) is 1. The van der Waals surface area contributed by atoms with Crippen molar-refractivity contribution in [2.45, 2.75) is 19.8 Å². The molecule has 3 aromatic carbocycles. The van der Waals surface area contributed by atoms with Crippen molar-refractivity contribution in [3.63, 3.8) is 0 Å². The van der Waals surface area contributed by atoms with Crippen LogP contribution in [0.1, 0.15) is 38.3 Å². The van der Waals surface area contributed by atoms with Crippen LogP contribution in [0.3, 0.4) is 0 Å². The maximum atomic E-state index is 13.0. The SMILES string of the molecule is Cc1cccc(C(=O)N2CCCc3cc(C(=O)Nc4ccccc4)ccc32)c1. The Kier molecular flexibility index (Phi) is 4.94. The highest BCUT2D eigenvalue weighted by atomic mass is 16.2. The number of nitrogens with one attached hydrogen (secondary N) is 1.